The molecule has 16 heavy (non-hydrogen) atoms. The van der Waals surface area contributed by atoms with Gasteiger partial charge in [0.2, 0.25) is 0 Å². The highest BCUT2D eigenvalue weighted by Crippen LogP contribution is 2.23. The third-order valence-electron chi connectivity index (χ3n) is 2.64. The van der Waals surface area contributed by atoms with Gasteiger partial charge in [0.15, 0.2) is 0 Å². The molecule has 3 nitrogen and oxygen atoms in total. The molecule has 0 saturated heterocycles. The second-order valence-electron chi connectivity index (χ2n) is 3.96. The Labute approximate surface area is 104 Å². The van der Waals surface area contributed by atoms with Crippen LogP contribution in [0.5, 0.6) is 0 Å². The minimum absolute atomic E-state index is 0.0575. The molecule has 1 aliphatic rings. The summed E-state index contributed by atoms with van der Waals surface area (Å²) in [4.78, 5) is 12.5. The summed E-state index contributed by atoms with van der Waals surface area (Å²) < 4.78 is 0. The third kappa shape index (κ3) is 2.51. The first-order valence-corrected chi connectivity index (χ1v) is 5.86. The zero-order chi connectivity index (χ0) is 11.7. The molecule has 1 saturated carbocycles. The van der Waals surface area contributed by atoms with E-state index < -0.39 is 0 Å². The summed E-state index contributed by atoms with van der Waals surface area (Å²) in [6, 6.07) is 5.07. The molecular weight excluding hydrogens is 246 g/mol. The first-order valence-electron chi connectivity index (χ1n) is 5.03. The van der Waals surface area contributed by atoms with E-state index in [-0.39, 0.29) is 18.1 Å². The Balaban J connectivity index is 2.05. The summed E-state index contributed by atoms with van der Waals surface area (Å²) in [7, 11) is 0. The molecule has 0 bridgehead atoms. The maximum absolute atomic E-state index is 11.8. The lowest BCUT2D eigenvalue weighted by atomic mass is 9.89. The Morgan fingerprint density at radius 1 is 1.50 bits per heavy atom. The van der Waals surface area contributed by atoms with Crippen molar-refractivity contribution >= 4 is 30.1 Å². The maximum Gasteiger partial charge on any atom is 0.253 e. The van der Waals surface area contributed by atoms with Crippen LogP contribution in [-0.4, -0.2) is 23.2 Å². The van der Waals surface area contributed by atoms with Gasteiger partial charge in [0.05, 0.1) is 16.7 Å². The van der Waals surface area contributed by atoms with Gasteiger partial charge in [0, 0.05) is 10.9 Å². The van der Waals surface area contributed by atoms with Crippen LogP contribution in [0.15, 0.2) is 23.1 Å². The van der Waals surface area contributed by atoms with Gasteiger partial charge in [0.1, 0.15) is 0 Å². The molecular formula is C11H12ClNO2S. The van der Waals surface area contributed by atoms with Crippen LogP contribution in [0.1, 0.15) is 23.2 Å². The summed E-state index contributed by atoms with van der Waals surface area (Å²) in [5.74, 6) is -0.210. The molecule has 2 N–H and O–H groups in total. The summed E-state index contributed by atoms with van der Waals surface area (Å²) >= 11 is 10.1. The van der Waals surface area contributed by atoms with E-state index in [4.69, 9.17) is 16.7 Å². The van der Waals surface area contributed by atoms with Crippen molar-refractivity contribution in [3.63, 3.8) is 0 Å². The molecule has 1 amide bonds. The average molecular weight is 258 g/mol. The molecule has 2 rings (SSSR count). The SMILES string of the molecule is O=C(NC1CC(O)C1)c1cc(S)ccc1Cl. The number of hydrogen-bond donors (Lipinski definition) is 3. The highest BCUT2D eigenvalue weighted by atomic mass is 35.5. The Morgan fingerprint density at radius 3 is 2.81 bits per heavy atom. The molecule has 1 aromatic carbocycles. The summed E-state index contributed by atoms with van der Waals surface area (Å²) in [5.41, 5.74) is 0.426. The molecule has 0 unspecified atom stereocenters. The van der Waals surface area contributed by atoms with Crippen LogP contribution < -0.4 is 5.32 Å². The molecule has 0 radical (unpaired) electrons. The fraction of sp³-hybridized carbons (Fsp3) is 0.364. The van der Waals surface area contributed by atoms with E-state index >= 15 is 0 Å². The van der Waals surface area contributed by atoms with Crippen LogP contribution in [0.3, 0.4) is 0 Å². The highest BCUT2D eigenvalue weighted by molar-refractivity contribution is 7.80. The Bertz CT molecular complexity index is 418. The van der Waals surface area contributed by atoms with Gasteiger partial charge in [-0.3, -0.25) is 4.79 Å². The molecule has 86 valence electrons. The van der Waals surface area contributed by atoms with Crippen molar-refractivity contribution in [3.8, 4) is 0 Å². The van der Waals surface area contributed by atoms with Gasteiger partial charge in [-0.05, 0) is 31.0 Å². The Hall–Kier alpha value is -0.710. The molecule has 0 aliphatic heterocycles. The van der Waals surface area contributed by atoms with Crippen LogP contribution in [0.2, 0.25) is 5.02 Å². The molecule has 0 aromatic heterocycles. The lowest BCUT2D eigenvalue weighted by Gasteiger charge is -2.32. The van der Waals surface area contributed by atoms with Crippen molar-refractivity contribution in [2.24, 2.45) is 0 Å². The van der Waals surface area contributed by atoms with Gasteiger partial charge < -0.3 is 10.4 Å². The number of aliphatic hydroxyl groups is 1. The van der Waals surface area contributed by atoms with Gasteiger partial charge in [-0.1, -0.05) is 11.6 Å². The lowest BCUT2D eigenvalue weighted by Crippen LogP contribution is -2.46. The Kier molecular flexibility index (Phi) is 3.42. The third-order valence-corrected chi connectivity index (χ3v) is 3.25. The van der Waals surface area contributed by atoms with Gasteiger partial charge in [-0.25, -0.2) is 0 Å². The van der Waals surface area contributed by atoms with E-state index in [1.165, 1.54) is 0 Å². The fourth-order valence-corrected chi connectivity index (χ4v) is 2.06. The normalized spacial score (nSPS) is 23.7. The number of rotatable bonds is 2. The molecule has 1 aliphatic carbocycles. The van der Waals surface area contributed by atoms with Gasteiger partial charge >= 0.3 is 0 Å². The maximum atomic E-state index is 11.8. The Morgan fingerprint density at radius 2 is 2.19 bits per heavy atom. The van der Waals surface area contributed by atoms with Crippen LogP contribution >= 0.6 is 24.2 Å². The molecule has 0 atom stereocenters. The van der Waals surface area contributed by atoms with Gasteiger partial charge in [-0.2, -0.15) is 0 Å². The highest BCUT2D eigenvalue weighted by Gasteiger charge is 2.29. The first kappa shape index (κ1) is 11.8. The van der Waals surface area contributed by atoms with Crippen molar-refractivity contribution < 1.29 is 9.90 Å². The van der Waals surface area contributed by atoms with E-state index in [0.29, 0.717) is 28.3 Å². The van der Waals surface area contributed by atoms with E-state index in [9.17, 15) is 4.79 Å². The lowest BCUT2D eigenvalue weighted by molar-refractivity contribution is 0.0562. The quantitative estimate of drug-likeness (QED) is 0.709. The van der Waals surface area contributed by atoms with E-state index in [2.05, 4.69) is 17.9 Å². The minimum Gasteiger partial charge on any atom is -0.393 e. The van der Waals surface area contributed by atoms with E-state index in [0.717, 1.165) is 0 Å². The largest absolute Gasteiger partial charge is 0.393 e. The molecule has 1 fully saturated rings. The zero-order valence-electron chi connectivity index (χ0n) is 8.48. The number of thiol groups is 1. The number of nitrogens with one attached hydrogen (secondary N) is 1. The van der Waals surface area contributed by atoms with Crippen molar-refractivity contribution in [2.45, 2.75) is 29.9 Å². The summed E-state index contributed by atoms with van der Waals surface area (Å²) in [5, 5.41) is 12.3. The van der Waals surface area contributed by atoms with Crippen molar-refractivity contribution in [3.05, 3.63) is 28.8 Å². The number of benzene rings is 1. The van der Waals surface area contributed by atoms with Crippen molar-refractivity contribution in [1.82, 2.24) is 5.32 Å². The summed E-state index contributed by atoms with van der Waals surface area (Å²) in [6.45, 7) is 0. The zero-order valence-corrected chi connectivity index (χ0v) is 10.1. The number of carbonyl (C=O) groups is 1. The van der Waals surface area contributed by atoms with E-state index in [1.807, 2.05) is 0 Å². The number of aliphatic hydroxyl groups excluding tert-OH is 1. The second-order valence-corrected chi connectivity index (χ2v) is 4.88. The van der Waals surface area contributed by atoms with Crippen LogP contribution in [0.25, 0.3) is 0 Å². The van der Waals surface area contributed by atoms with Gasteiger partial charge in [-0.15, -0.1) is 12.6 Å². The van der Waals surface area contributed by atoms with Crippen LogP contribution in [0.4, 0.5) is 0 Å². The monoisotopic (exact) mass is 257 g/mol. The number of carbonyl (C=O) groups excluding carboxylic acids is 1. The van der Waals surface area contributed by atoms with Crippen LogP contribution in [-0.2, 0) is 0 Å². The fourth-order valence-electron chi connectivity index (χ4n) is 1.66. The molecule has 5 heteroatoms. The number of amides is 1. The smallest absolute Gasteiger partial charge is 0.253 e. The second kappa shape index (κ2) is 4.65. The first-order chi connectivity index (χ1) is 7.56. The number of hydrogen-bond acceptors (Lipinski definition) is 3. The van der Waals surface area contributed by atoms with Gasteiger partial charge in [0.25, 0.3) is 5.91 Å². The van der Waals surface area contributed by atoms with E-state index in [1.54, 1.807) is 18.2 Å². The average Bonchev–Trinajstić information content (AvgIpc) is 2.19. The van der Waals surface area contributed by atoms with Crippen molar-refractivity contribution in [1.29, 1.82) is 0 Å². The van der Waals surface area contributed by atoms with Crippen LogP contribution in [0, 0.1) is 0 Å². The predicted molar refractivity (Wildman–Crippen MR) is 65.2 cm³/mol. The van der Waals surface area contributed by atoms with Crippen molar-refractivity contribution in [2.75, 3.05) is 0 Å². The minimum atomic E-state index is -0.281. The number of halogens is 1. The molecule has 1 aromatic rings. The predicted octanol–water partition coefficient (Wildman–Crippen LogP) is 1.88. The molecule has 0 spiro atoms. The molecule has 0 heterocycles. The standard InChI is InChI=1S/C11H12ClNO2S/c12-10-2-1-8(16)5-9(10)11(15)13-6-3-7(14)4-6/h1-2,5-7,14,16H,3-4H2,(H,13,15). The topological polar surface area (TPSA) is 49.3 Å². The summed E-state index contributed by atoms with van der Waals surface area (Å²) in [6.07, 6.45) is 0.949.